The second-order valence-corrected chi connectivity index (χ2v) is 8.10. The number of ketones is 1. The molecule has 0 bridgehead atoms. The van der Waals surface area contributed by atoms with E-state index in [1.807, 2.05) is 19.9 Å². The van der Waals surface area contributed by atoms with Crippen LogP contribution >= 0.6 is 0 Å². The van der Waals surface area contributed by atoms with Crippen LogP contribution in [0.15, 0.2) is 12.2 Å². The Kier molecular flexibility index (Phi) is 4.09. The van der Waals surface area contributed by atoms with Gasteiger partial charge in [0.15, 0.2) is 5.78 Å². The lowest BCUT2D eigenvalue weighted by Gasteiger charge is -2.40. The van der Waals surface area contributed by atoms with Crippen LogP contribution in [0.4, 0.5) is 0 Å². The highest BCUT2D eigenvalue weighted by Gasteiger charge is 2.62. The number of carbonyl (C=O) groups is 3. The highest BCUT2D eigenvalue weighted by molar-refractivity contribution is 5.98. The smallest absolute Gasteiger partial charge is 0.309 e. The van der Waals surface area contributed by atoms with Crippen LogP contribution in [-0.4, -0.2) is 29.9 Å². The average Bonchev–Trinajstić information content (AvgIpc) is 2.92. The normalized spacial score (nSPS) is 44.1. The van der Waals surface area contributed by atoms with Gasteiger partial charge in [-0.05, 0) is 31.3 Å². The molecule has 5 nitrogen and oxygen atoms in total. The Balaban J connectivity index is 2.07. The molecule has 0 unspecified atom stereocenters. The van der Waals surface area contributed by atoms with Crippen molar-refractivity contribution in [1.29, 1.82) is 0 Å². The lowest BCUT2D eigenvalue weighted by atomic mass is 9.66. The number of allylic oxidation sites excluding steroid dienone is 2. The third-order valence-electron chi connectivity index (χ3n) is 6.20. The summed E-state index contributed by atoms with van der Waals surface area (Å²) in [5.74, 6) is -1.39. The van der Waals surface area contributed by atoms with Crippen LogP contribution in [0.2, 0.25) is 0 Å². The summed E-state index contributed by atoms with van der Waals surface area (Å²) >= 11 is 0. The van der Waals surface area contributed by atoms with E-state index in [9.17, 15) is 14.4 Å². The first-order valence-electron chi connectivity index (χ1n) is 8.81. The van der Waals surface area contributed by atoms with Gasteiger partial charge < -0.3 is 9.47 Å². The van der Waals surface area contributed by atoms with Gasteiger partial charge in [0.05, 0.1) is 17.3 Å². The summed E-state index contributed by atoms with van der Waals surface area (Å²) in [6, 6.07) is 0. The van der Waals surface area contributed by atoms with E-state index < -0.39 is 11.5 Å². The van der Waals surface area contributed by atoms with Crippen molar-refractivity contribution in [3.05, 3.63) is 12.2 Å². The van der Waals surface area contributed by atoms with Gasteiger partial charge in [0.2, 0.25) is 0 Å². The van der Waals surface area contributed by atoms with Crippen molar-refractivity contribution in [3.8, 4) is 0 Å². The second kappa shape index (κ2) is 5.71. The van der Waals surface area contributed by atoms with Gasteiger partial charge in [-0.15, -0.1) is 0 Å². The Morgan fingerprint density at radius 2 is 2.00 bits per heavy atom. The molecule has 24 heavy (non-hydrogen) atoms. The van der Waals surface area contributed by atoms with Gasteiger partial charge in [-0.1, -0.05) is 33.8 Å². The molecule has 132 valence electrons. The Morgan fingerprint density at radius 1 is 1.33 bits per heavy atom. The maximum atomic E-state index is 12.8. The summed E-state index contributed by atoms with van der Waals surface area (Å²) in [4.78, 5) is 37.2. The molecule has 1 saturated carbocycles. The molecular formula is C19H26O5. The van der Waals surface area contributed by atoms with Crippen LogP contribution in [0.1, 0.15) is 41.0 Å². The second-order valence-electron chi connectivity index (χ2n) is 8.10. The fourth-order valence-corrected chi connectivity index (χ4v) is 4.70. The van der Waals surface area contributed by atoms with E-state index >= 15 is 0 Å². The van der Waals surface area contributed by atoms with Crippen molar-refractivity contribution in [2.75, 3.05) is 0 Å². The Morgan fingerprint density at radius 3 is 2.62 bits per heavy atom. The van der Waals surface area contributed by atoms with Crippen molar-refractivity contribution < 1.29 is 23.9 Å². The number of hydrogen-bond acceptors (Lipinski definition) is 5. The summed E-state index contributed by atoms with van der Waals surface area (Å²) in [6.45, 7) is 9.31. The number of esters is 2. The Hall–Kier alpha value is -1.65. The van der Waals surface area contributed by atoms with Crippen molar-refractivity contribution >= 4 is 17.7 Å². The fourth-order valence-electron chi connectivity index (χ4n) is 4.70. The van der Waals surface area contributed by atoms with E-state index in [0.29, 0.717) is 6.42 Å². The average molecular weight is 334 g/mol. The van der Waals surface area contributed by atoms with Crippen LogP contribution in [-0.2, 0) is 23.9 Å². The lowest BCUT2D eigenvalue weighted by Crippen LogP contribution is -2.50. The van der Waals surface area contributed by atoms with Gasteiger partial charge in [0.25, 0.3) is 0 Å². The molecule has 7 atom stereocenters. The largest absolute Gasteiger partial charge is 0.462 e. The van der Waals surface area contributed by atoms with Crippen molar-refractivity contribution in [2.24, 2.45) is 35.0 Å². The molecule has 5 heteroatoms. The molecule has 1 heterocycles. The third kappa shape index (κ3) is 2.32. The van der Waals surface area contributed by atoms with E-state index in [4.69, 9.17) is 9.47 Å². The standard InChI is InChI=1S/C19H26O5/c1-9(2)17(21)24-16-15-11(4)18(22)23-13(15)8-10(3)12-6-7-14(20)19(12,16)5/h6-7,9-13,15-16H,8H2,1-5H3/t10-,11+,12+,13-,15-,16+,19+/m1/s1. The van der Waals surface area contributed by atoms with Crippen molar-refractivity contribution in [2.45, 2.75) is 53.2 Å². The molecule has 2 aliphatic carbocycles. The predicted molar refractivity (Wildman–Crippen MR) is 86.8 cm³/mol. The minimum atomic E-state index is -0.828. The quantitative estimate of drug-likeness (QED) is 0.726. The molecule has 0 radical (unpaired) electrons. The highest BCUT2D eigenvalue weighted by atomic mass is 16.6. The van der Waals surface area contributed by atoms with Crippen LogP contribution in [0.25, 0.3) is 0 Å². The molecule has 3 rings (SSSR count). The Labute approximate surface area is 142 Å². The van der Waals surface area contributed by atoms with Gasteiger partial charge in [-0.3, -0.25) is 14.4 Å². The van der Waals surface area contributed by atoms with Gasteiger partial charge in [0, 0.05) is 5.92 Å². The van der Waals surface area contributed by atoms with Crippen LogP contribution in [0, 0.1) is 35.0 Å². The van der Waals surface area contributed by atoms with Crippen molar-refractivity contribution in [3.63, 3.8) is 0 Å². The maximum absolute atomic E-state index is 12.8. The van der Waals surface area contributed by atoms with Gasteiger partial charge in [-0.2, -0.15) is 0 Å². The molecule has 0 aromatic rings. The van der Waals surface area contributed by atoms with E-state index in [0.717, 1.165) is 0 Å². The molecule has 1 aliphatic heterocycles. The van der Waals surface area contributed by atoms with Crippen LogP contribution < -0.4 is 0 Å². The number of ether oxygens (including phenoxy) is 2. The first-order chi connectivity index (χ1) is 11.2. The zero-order valence-corrected chi connectivity index (χ0v) is 14.9. The first-order valence-corrected chi connectivity index (χ1v) is 8.81. The number of carbonyl (C=O) groups excluding carboxylic acids is 3. The van der Waals surface area contributed by atoms with E-state index in [1.165, 1.54) is 0 Å². The maximum Gasteiger partial charge on any atom is 0.309 e. The monoisotopic (exact) mass is 334 g/mol. The lowest BCUT2D eigenvalue weighted by molar-refractivity contribution is -0.170. The summed E-state index contributed by atoms with van der Waals surface area (Å²) in [7, 11) is 0. The first kappa shape index (κ1) is 17.2. The minimum absolute atomic E-state index is 0.00790. The van der Waals surface area contributed by atoms with Crippen LogP contribution in [0.5, 0.6) is 0 Å². The summed E-state index contributed by atoms with van der Waals surface area (Å²) in [5, 5.41) is 0. The van der Waals surface area contributed by atoms with Gasteiger partial charge in [-0.25, -0.2) is 0 Å². The SMILES string of the molecule is CC(C)C(=O)O[C@H]1[C@@H]2[C@H](C)C(=O)O[C@@H]2C[C@@H](C)[C@@H]2C=CC(=O)[C@]21C. The molecule has 2 fully saturated rings. The molecule has 0 amide bonds. The topological polar surface area (TPSA) is 69.7 Å². The zero-order chi connectivity index (χ0) is 17.8. The van der Waals surface area contributed by atoms with E-state index in [2.05, 4.69) is 6.92 Å². The van der Waals surface area contributed by atoms with Gasteiger partial charge in [0.1, 0.15) is 12.2 Å². The molecule has 0 aromatic carbocycles. The van der Waals surface area contributed by atoms with Crippen LogP contribution in [0.3, 0.4) is 0 Å². The minimum Gasteiger partial charge on any atom is -0.462 e. The molecule has 0 N–H and O–H groups in total. The molecule has 1 saturated heterocycles. The third-order valence-corrected chi connectivity index (χ3v) is 6.20. The zero-order valence-electron chi connectivity index (χ0n) is 14.9. The molecule has 0 spiro atoms. The molecular weight excluding hydrogens is 308 g/mol. The van der Waals surface area contributed by atoms with E-state index in [1.54, 1.807) is 19.9 Å². The summed E-state index contributed by atoms with van der Waals surface area (Å²) in [6.07, 6.45) is 3.30. The number of fused-ring (bicyclic) bond motifs is 2. The molecule has 3 aliphatic rings. The molecule has 0 aromatic heterocycles. The van der Waals surface area contributed by atoms with E-state index in [-0.39, 0.29) is 53.4 Å². The highest BCUT2D eigenvalue weighted by Crippen LogP contribution is 2.54. The Bertz CT molecular complexity index is 607. The number of hydrogen-bond donors (Lipinski definition) is 0. The number of rotatable bonds is 2. The van der Waals surface area contributed by atoms with Crippen molar-refractivity contribution in [1.82, 2.24) is 0 Å². The summed E-state index contributed by atoms with van der Waals surface area (Å²) < 4.78 is 11.4. The predicted octanol–water partition coefficient (Wildman–Crippen LogP) is 2.53. The fraction of sp³-hybridized carbons (Fsp3) is 0.737. The van der Waals surface area contributed by atoms with Gasteiger partial charge >= 0.3 is 11.9 Å². The summed E-state index contributed by atoms with van der Waals surface area (Å²) in [5.41, 5.74) is -0.828.